The molecule has 1 unspecified atom stereocenters. The van der Waals surface area contributed by atoms with Crippen LogP contribution in [-0.4, -0.2) is 9.78 Å². The molecule has 4 heteroatoms. The molecule has 1 atom stereocenters. The summed E-state index contributed by atoms with van der Waals surface area (Å²) in [4.78, 5) is 0. The van der Waals surface area contributed by atoms with Crippen LogP contribution in [0.25, 0.3) is 0 Å². The largest absolute Gasteiger partial charge is 0.363 e. The van der Waals surface area contributed by atoms with Crippen LogP contribution < -0.4 is 5.32 Å². The number of hydrogen-bond donors (Lipinski definition) is 1. The van der Waals surface area contributed by atoms with Crippen molar-refractivity contribution in [3.8, 4) is 6.07 Å². The fourth-order valence-electron chi connectivity index (χ4n) is 2.29. The normalized spacial score (nSPS) is 11.9. The van der Waals surface area contributed by atoms with E-state index >= 15 is 0 Å². The zero-order valence-corrected chi connectivity index (χ0v) is 12.4. The lowest BCUT2D eigenvalue weighted by Gasteiger charge is -2.16. The van der Waals surface area contributed by atoms with Crippen molar-refractivity contribution in [2.45, 2.75) is 33.2 Å². The number of nitriles is 1. The topological polar surface area (TPSA) is 53.6 Å². The van der Waals surface area contributed by atoms with Crippen molar-refractivity contribution in [2.24, 2.45) is 7.05 Å². The lowest BCUT2D eigenvalue weighted by molar-refractivity contribution is 0.742. The number of hydrogen-bond acceptors (Lipinski definition) is 3. The van der Waals surface area contributed by atoms with E-state index in [9.17, 15) is 5.26 Å². The Morgan fingerprint density at radius 1 is 1.35 bits per heavy atom. The highest BCUT2D eigenvalue weighted by molar-refractivity contribution is 5.56. The maximum atomic E-state index is 9.22. The SMILES string of the molecule is CCc1ccc(C(C)Nc2c(C#N)c(C)nn2C)cc1. The zero-order valence-electron chi connectivity index (χ0n) is 12.4. The summed E-state index contributed by atoms with van der Waals surface area (Å²) < 4.78 is 1.73. The highest BCUT2D eigenvalue weighted by Crippen LogP contribution is 2.23. The number of benzene rings is 1. The molecule has 0 spiro atoms. The van der Waals surface area contributed by atoms with Crippen LogP contribution in [0.1, 0.15) is 42.3 Å². The molecule has 2 rings (SSSR count). The Bertz CT molecular complexity index is 632. The molecule has 0 amide bonds. The molecule has 20 heavy (non-hydrogen) atoms. The fraction of sp³-hybridized carbons (Fsp3) is 0.375. The minimum atomic E-state index is 0.128. The van der Waals surface area contributed by atoms with E-state index in [0.29, 0.717) is 5.56 Å². The van der Waals surface area contributed by atoms with Crippen LogP contribution in [0.15, 0.2) is 24.3 Å². The number of nitrogens with zero attached hydrogens (tertiary/aromatic N) is 3. The first-order chi connectivity index (χ1) is 9.56. The summed E-state index contributed by atoms with van der Waals surface area (Å²) in [5.41, 5.74) is 3.90. The summed E-state index contributed by atoms with van der Waals surface area (Å²) in [7, 11) is 1.85. The van der Waals surface area contributed by atoms with Gasteiger partial charge in [-0.1, -0.05) is 31.2 Å². The molecule has 0 radical (unpaired) electrons. The van der Waals surface area contributed by atoms with Crippen molar-refractivity contribution < 1.29 is 0 Å². The first kappa shape index (κ1) is 14.1. The van der Waals surface area contributed by atoms with Gasteiger partial charge >= 0.3 is 0 Å². The van der Waals surface area contributed by atoms with Gasteiger partial charge < -0.3 is 5.32 Å². The lowest BCUT2D eigenvalue weighted by atomic mass is 10.0. The number of aryl methyl sites for hydroxylation is 3. The molecule has 0 bridgehead atoms. The predicted octanol–water partition coefficient (Wildman–Crippen LogP) is 3.34. The van der Waals surface area contributed by atoms with Gasteiger partial charge in [-0.15, -0.1) is 0 Å². The molecule has 2 aromatic rings. The molecule has 0 saturated carbocycles. The van der Waals surface area contributed by atoms with Crippen molar-refractivity contribution in [3.63, 3.8) is 0 Å². The molecular weight excluding hydrogens is 248 g/mol. The van der Waals surface area contributed by atoms with Crippen molar-refractivity contribution >= 4 is 5.82 Å². The Morgan fingerprint density at radius 2 is 2.00 bits per heavy atom. The van der Waals surface area contributed by atoms with E-state index in [-0.39, 0.29) is 6.04 Å². The maximum Gasteiger partial charge on any atom is 0.142 e. The van der Waals surface area contributed by atoms with E-state index in [1.165, 1.54) is 11.1 Å². The average Bonchev–Trinajstić information content (AvgIpc) is 2.72. The molecule has 1 N–H and O–H groups in total. The van der Waals surface area contributed by atoms with Crippen molar-refractivity contribution in [1.29, 1.82) is 5.26 Å². The molecule has 104 valence electrons. The maximum absolute atomic E-state index is 9.22. The molecule has 0 saturated heterocycles. The van der Waals surface area contributed by atoms with Crippen molar-refractivity contribution in [2.75, 3.05) is 5.32 Å². The summed E-state index contributed by atoms with van der Waals surface area (Å²) in [6.07, 6.45) is 1.04. The van der Waals surface area contributed by atoms with Gasteiger partial charge in [0.15, 0.2) is 0 Å². The van der Waals surface area contributed by atoms with Gasteiger partial charge in [0.2, 0.25) is 0 Å². The van der Waals surface area contributed by atoms with Gasteiger partial charge in [0, 0.05) is 13.1 Å². The molecule has 1 heterocycles. The Balaban J connectivity index is 2.23. The number of nitrogens with one attached hydrogen (secondary N) is 1. The number of rotatable bonds is 4. The smallest absolute Gasteiger partial charge is 0.142 e. The Labute approximate surface area is 120 Å². The van der Waals surface area contributed by atoms with E-state index in [0.717, 1.165) is 17.9 Å². The third-order valence-electron chi connectivity index (χ3n) is 3.58. The summed E-state index contributed by atoms with van der Waals surface area (Å²) in [5.74, 6) is 0.775. The second-order valence-corrected chi connectivity index (χ2v) is 5.01. The van der Waals surface area contributed by atoms with Gasteiger partial charge in [-0.2, -0.15) is 10.4 Å². The summed E-state index contributed by atoms with van der Waals surface area (Å²) in [6.45, 7) is 6.09. The minimum absolute atomic E-state index is 0.128. The van der Waals surface area contributed by atoms with Crippen LogP contribution in [-0.2, 0) is 13.5 Å². The number of aromatic nitrogens is 2. The fourth-order valence-corrected chi connectivity index (χ4v) is 2.29. The predicted molar refractivity (Wildman–Crippen MR) is 80.5 cm³/mol. The van der Waals surface area contributed by atoms with E-state index < -0.39 is 0 Å². The van der Waals surface area contributed by atoms with Gasteiger partial charge in [-0.25, -0.2) is 0 Å². The van der Waals surface area contributed by atoms with Crippen LogP contribution in [0.3, 0.4) is 0 Å². The molecule has 0 aliphatic rings. The molecule has 1 aromatic carbocycles. The molecule has 4 nitrogen and oxygen atoms in total. The highest BCUT2D eigenvalue weighted by atomic mass is 15.3. The first-order valence-corrected chi connectivity index (χ1v) is 6.85. The Hall–Kier alpha value is -2.28. The lowest BCUT2D eigenvalue weighted by Crippen LogP contribution is -2.11. The summed E-state index contributed by atoms with van der Waals surface area (Å²) >= 11 is 0. The third kappa shape index (κ3) is 2.67. The molecule has 1 aromatic heterocycles. The minimum Gasteiger partial charge on any atom is -0.363 e. The van der Waals surface area contributed by atoms with E-state index in [2.05, 4.69) is 54.6 Å². The van der Waals surface area contributed by atoms with Crippen LogP contribution in [0, 0.1) is 18.3 Å². The van der Waals surface area contributed by atoms with Crippen LogP contribution in [0.2, 0.25) is 0 Å². The summed E-state index contributed by atoms with van der Waals surface area (Å²) in [6, 6.07) is 10.9. The van der Waals surface area contributed by atoms with Gasteiger partial charge in [-0.3, -0.25) is 4.68 Å². The molecule has 0 aliphatic carbocycles. The standard InChI is InChI=1S/C16H20N4/c1-5-13-6-8-14(9-7-13)11(2)18-16-15(10-17)12(3)19-20(16)4/h6-9,11,18H,5H2,1-4H3. The Morgan fingerprint density at radius 3 is 2.55 bits per heavy atom. The average molecular weight is 268 g/mol. The second-order valence-electron chi connectivity index (χ2n) is 5.01. The van der Waals surface area contributed by atoms with Gasteiger partial charge in [0.1, 0.15) is 17.5 Å². The van der Waals surface area contributed by atoms with Crippen molar-refractivity contribution in [3.05, 3.63) is 46.6 Å². The summed E-state index contributed by atoms with van der Waals surface area (Å²) in [5, 5.41) is 16.9. The van der Waals surface area contributed by atoms with Gasteiger partial charge in [-0.05, 0) is 31.4 Å². The van der Waals surface area contributed by atoms with Crippen LogP contribution in [0.5, 0.6) is 0 Å². The van der Waals surface area contributed by atoms with E-state index in [1.807, 2.05) is 14.0 Å². The highest BCUT2D eigenvalue weighted by Gasteiger charge is 2.15. The number of anilines is 1. The van der Waals surface area contributed by atoms with E-state index in [1.54, 1.807) is 4.68 Å². The molecule has 0 fully saturated rings. The quantitative estimate of drug-likeness (QED) is 0.925. The second kappa shape index (κ2) is 5.79. The van der Waals surface area contributed by atoms with Gasteiger partial charge in [0.25, 0.3) is 0 Å². The Kier molecular flexibility index (Phi) is 4.09. The van der Waals surface area contributed by atoms with Gasteiger partial charge in [0.05, 0.1) is 5.69 Å². The third-order valence-corrected chi connectivity index (χ3v) is 3.58. The molecule has 0 aliphatic heterocycles. The first-order valence-electron chi connectivity index (χ1n) is 6.85. The monoisotopic (exact) mass is 268 g/mol. The zero-order chi connectivity index (χ0) is 14.7. The van der Waals surface area contributed by atoms with E-state index in [4.69, 9.17) is 0 Å². The van der Waals surface area contributed by atoms with Crippen molar-refractivity contribution in [1.82, 2.24) is 9.78 Å². The van der Waals surface area contributed by atoms with Crippen LogP contribution >= 0.6 is 0 Å². The molecular formula is C16H20N4. The van der Waals surface area contributed by atoms with Crippen LogP contribution in [0.4, 0.5) is 5.82 Å².